The Morgan fingerprint density at radius 1 is 1.55 bits per heavy atom. The van der Waals surface area contributed by atoms with E-state index in [2.05, 4.69) is 22.1 Å². The Bertz CT molecular complexity index is 639. The molecule has 20 heavy (non-hydrogen) atoms. The van der Waals surface area contributed by atoms with E-state index in [1.165, 1.54) is 6.20 Å². The summed E-state index contributed by atoms with van der Waals surface area (Å²) in [5.41, 5.74) is 6.42. The Hall–Kier alpha value is -2.58. The van der Waals surface area contributed by atoms with Gasteiger partial charge in [0.05, 0.1) is 24.4 Å². The number of rotatable bonds is 3. The summed E-state index contributed by atoms with van der Waals surface area (Å²) in [4.78, 5) is 16.1. The van der Waals surface area contributed by atoms with Crippen LogP contribution in [0.4, 0.5) is 0 Å². The lowest BCUT2D eigenvalue weighted by molar-refractivity contribution is 0.0935. The number of pyridine rings is 1. The Morgan fingerprint density at radius 2 is 2.40 bits per heavy atom. The maximum absolute atomic E-state index is 12.1. The zero-order chi connectivity index (χ0) is 14.4. The van der Waals surface area contributed by atoms with Gasteiger partial charge in [-0.05, 0) is 25.1 Å². The largest absolute Gasteiger partial charge is 0.467 e. The number of furan rings is 1. The summed E-state index contributed by atoms with van der Waals surface area (Å²) in [7, 11) is 0. The van der Waals surface area contributed by atoms with E-state index in [-0.39, 0.29) is 18.5 Å². The highest BCUT2D eigenvalue weighted by atomic mass is 16.3. The molecule has 0 saturated heterocycles. The Kier molecular flexibility index (Phi) is 4.53. The van der Waals surface area contributed by atoms with Crippen LogP contribution in [0.5, 0.6) is 0 Å². The van der Waals surface area contributed by atoms with Gasteiger partial charge in [-0.1, -0.05) is 11.8 Å². The van der Waals surface area contributed by atoms with Gasteiger partial charge >= 0.3 is 0 Å². The van der Waals surface area contributed by atoms with E-state index in [1.54, 1.807) is 24.6 Å². The maximum atomic E-state index is 12.1. The minimum atomic E-state index is -0.224. The highest BCUT2D eigenvalue weighted by Gasteiger charge is 2.13. The summed E-state index contributed by atoms with van der Waals surface area (Å²) in [5, 5.41) is 2.84. The molecule has 0 bridgehead atoms. The molecule has 0 aliphatic heterocycles. The van der Waals surface area contributed by atoms with Crippen molar-refractivity contribution < 1.29 is 9.21 Å². The van der Waals surface area contributed by atoms with Crippen LogP contribution in [0.25, 0.3) is 0 Å². The number of hydrogen-bond acceptors (Lipinski definition) is 4. The summed E-state index contributed by atoms with van der Waals surface area (Å²) >= 11 is 0. The van der Waals surface area contributed by atoms with Crippen molar-refractivity contribution in [3.63, 3.8) is 0 Å². The van der Waals surface area contributed by atoms with Crippen molar-refractivity contribution in [3.05, 3.63) is 53.7 Å². The molecule has 0 saturated carbocycles. The van der Waals surface area contributed by atoms with Gasteiger partial charge in [-0.15, -0.1) is 0 Å². The Balaban J connectivity index is 2.09. The number of nitrogens with one attached hydrogen (secondary N) is 1. The lowest BCUT2D eigenvalue weighted by atomic mass is 10.1. The molecule has 2 aromatic rings. The van der Waals surface area contributed by atoms with Crippen molar-refractivity contribution in [2.75, 3.05) is 6.54 Å². The molecule has 1 atom stereocenters. The molecule has 0 spiro atoms. The molecule has 2 heterocycles. The van der Waals surface area contributed by atoms with Crippen molar-refractivity contribution in [2.24, 2.45) is 5.73 Å². The Labute approximate surface area is 117 Å². The maximum Gasteiger partial charge on any atom is 0.253 e. The van der Waals surface area contributed by atoms with Crippen molar-refractivity contribution in [3.8, 4) is 11.8 Å². The fourth-order valence-corrected chi connectivity index (χ4v) is 1.67. The van der Waals surface area contributed by atoms with Crippen molar-refractivity contribution >= 4 is 5.91 Å². The topological polar surface area (TPSA) is 81.2 Å². The van der Waals surface area contributed by atoms with Crippen LogP contribution in [0.3, 0.4) is 0 Å². The van der Waals surface area contributed by atoms with Crippen molar-refractivity contribution in [1.29, 1.82) is 0 Å². The average Bonchev–Trinajstić information content (AvgIpc) is 2.99. The SMILES string of the molecule is CC(NC(=O)c1cncc(C#CCN)c1)c1ccco1. The molecule has 2 aromatic heterocycles. The zero-order valence-corrected chi connectivity index (χ0v) is 11.1. The molecule has 1 unspecified atom stereocenters. The number of nitrogens with two attached hydrogens (primary N) is 1. The summed E-state index contributed by atoms with van der Waals surface area (Å²) in [6.45, 7) is 2.12. The first-order valence-corrected chi connectivity index (χ1v) is 6.19. The Morgan fingerprint density at radius 3 is 3.10 bits per heavy atom. The average molecular weight is 269 g/mol. The predicted octanol–water partition coefficient (Wildman–Crippen LogP) is 1.48. The van der Waals surface area contributed by atoms with Gasteiger partial charge in [-0.3, -0.25) is 9.78 Å². The molecule has 0 aromatic carbocycles. The second kappa shape index (κ2) is 6.55. The second-order valence-electron chi connectivity index (χ2n) is 4.18. The van der Waals surface area contributed by atoms with Crippen LogP contribution in [-0.4, -0.2) is 17.4 Å². The molecular formula is C15H15N3O2. The first kappa shape index (κ1) is 13.8. The molecule has 0 aliphatic carbocycles. The number of amides is 1. The monoisotopic (exact) mass is 269 g/mol. The quantitative estimate of drug-likeness (QED) is 0.827. The molecule has 0 fully saturated rings. The number of carbonyl (C=O) groups is 1. The summed E-state index contributed by atoms with van der Waals surface area (Å²) in [6.07, 6.45) is 4.66. The first-order valence-electron chi connectivity index (χ1n) is 6.19. The number of aromatic nitrogens is 1. The van der Waals surface area contributed by atoms with E-state index in [9.17, 15) is 4.79 Å². The summed E-state index contributed by atoms with van der Waals surface area (Å²) < 4.78 is 5.24. The standard InChI is InChI=1S/C15H15N3O2/c1-11(14-5-3-7-20-14)18-15(19)13-8-12(4-2-6-16)9-17-10-13/h3,5,7-11H,6,16H2,1H3,(H,18,19). The van der Waals surface area contributed by atoms with Gasteiger partial charge in [0.15, 0.2) is 0 Å². The molecule has 5 nitrogen and oxygen atoms in total. The van der Waals surface area contributed by atoms with Crippen LogP contribution < -0.4 is 11.1 Å². The third-order valence-corrected chi connectivity index (χ3v) is 2.65. The van der Waals surface area contributed by atoms with Gasteiger partial charge in [0.1, 0.15) is 5.76 Å². The van der Waals surface area contributed by atoms with Gasteiger partial charge < -0.3 is 15.5 Å². The molecule has 3 N–H and O–H groups in total. The highest BCUT2D eigenvalue weighted by molar-refractivity contribution is 5.94. The lowest BCUT2D eigenvalue weighted by Crippen LogP contribution is -2.26. The van der Waals surface area contributed by atoms with E-state index in [1.807, 2.05) is 13.0 Å². The van der Waals surface area contributed by atoms with E-state index < -0.39 is 0 Å². The molecule has 0 radical (unpaired) electrons. The molecule has 1 amide bonds. The van der Waals surface area contributed by atoms with Gasteiger partial charge in [-0.25, -0.2) is 0 Å². The van der Waals surface area contributed by atoms with Crippen molar-refractivity contribution in [2.45, 2.75) is 13.0 Å². The molecule has 5 heteroatoms. The van der Waals surface area contributed by atoms with E-state index in [4.69, 9.17) is 10.2 Å². The van der Waals surface area contributed by atoms with Crippen LogP contribution >= 0.6 is 0 Å². The number of carbonyl (C=O) groups excluding carboxylic acids is 1. The van der Waals surface area contributed by atoms with Gasteiger partial charge in [0.2, 0.25) is 0 Å². The molecular weight excluding hydrogens is 254 g/mol. The van der Waals surface area contributed by atoms with Gasteiger partial charge in [0, 0.05) is 18.0 Å². The van der Waals surface area contributed by atoms with Crippen LogP contribution in [0.15, 0.2) is 41.3 Å². The summed E-state index contributed by atoms with van der Waals surface area (Å²) in [6, 6.07) is 5.06. The number of hydrogen-bond donors (Lipinski definition) is 2. The summed E-state index contributed by atoms with van der Waals surface area (Å²) in [5.74, 6) is 6.04. The lowest BCUT2D eigenvalue weighted by Gasteiger charge is -2.11. The van der Waals surface area contributed by atoms with Crippen LogP contribution in [0.2, 0.25) is 0 Å². The fourth-order valence-electron chi connectivity index (χ4n) is 1.67. The van der Waals surface area contributed by atoms with Crippen LogP contribution in [0, 0.1) is 11.8 Å². The first-order chi connectivity index (χ1) is 9.70. The van der Waals surface area contributed by atoms with Crippen molar-refractivity contribution in [1.82, 2.24) is 10.3 Å². The van der Waals surface area contributed by atoms with E-state index >= 15 is 0 Å². The number of nitrogens with zero attached hydrogens (tertiary/aromatic N) is 1. The third kappa shape index (κ3) is 3.46. The van der Waals surface area contributed by atoms with Gasteiger partial charge in [0.25, 0.3) is 5.91 Å². The minimum Gasteiger partial charge on any atom is -0.467 e. The second-order valence-corrected chi connectivity index (χ2v) is 4.18. The minimum absolute atomic E-state index is 0.212. The third-order valence-electron chi connectivity index (χ3n) is 2.65. The van der Waals surface area contributed by atoms with E-state index in [0.717, 1.165) is 0 Å². The van der Waals surface area contributed by atoms with Crippen LogP contribution in [0.1, 0.15) is 34.6 Å². The predicted molar refractivity (Wildman–Crippen MR) is 74.8 cm³/mol. The molecule has 2 rings (SSSR count). The van der Waals surface area contributed by atoms with Gasteiger partial charge in [-0.2, -0.15) is 0 Å². The normalized spacial score (nSPS) is 11.3. The zero-order valence-electron chi connectivity index (χ0n) is 11.1. The van der Waals surface area contributed by atoms with E-state index in [0.29, 0.717) is 16.9 Å². The van der Waals surface area contributed by atoms with Crippen LogP contribution in [-0.2, 0) is 0 Å². The molecule has 0 aliphatic rings. The highest BCUT2D eigenvalue weighted by Crippen LogP contribution is 2.13. The fraction of sp³-hybridized carbons (Fsp3) is 0.200. The molecule has 102 valence electrons. The smallest absolute Gasteiger partial charge is 0.253 e.